The fraction of sp³-hybridized carbons (Fsp3) is 0.364. The third-order valence-corrected chi connectivity index (χ3v) is 8.58. The van der Waals surface area contributed by atoms with Gasteiger partial charge in [-0.1, -0.05) is 11.6 Å². The summed E-state index contributed by atoms with van der Waals surface area (Å²) in [4.78, 5) is 21.7. The van der Waals surface area contributed by atoms with Gasteiger partial charge in [0.05, 0.1) is 16.0 Å². The largest absolute Gasteiger partial charge is 0.336 e. The zero-order valence-corrected chi connectivity index (χ0v) is 19.2. The average molecular weight is 444 g/mol. The van der Waals surface area contributed by atoms with Gasteiger partial charge in [-0.15, -0.1) is 11.3 Å². The second-order valence-corrected chi connectivity index (χ2v) is 11.2. The predicted octanol–water partition coefficient (Wildman–Crippen LogP) is 3.68. The van der Waals surface area contributed by atoms with E-state index in [9.17, 15) is 13.2 Å². The summed E-state index contributed by atoms with van der Waals surface area (Å²) in [5.41, 5.74) is 3.29. The number of nitrogens with zero attached hydrogens (tertiary/aromatic N) is 3. The lowest BCUT2D eigenvalue weighted by Crippen LogP contribution is -2.50. The zero-order chi connectivity index (χ0) is 21.6. The van der Waals surface area contributed by atoms with Gasteiger partial charge in [-0.2, -0.15) is 4.31 Å². The highest BCUT2D eigenvalue weighted by atomic mass is 32.2. The molecule has 1 saturated heterocycles. The standard InChI is InChI=1S/C22H25N3O3S2/c1-14-5-6-20-18(11-14)19(12-15(2)23-20)22(26)24-7-9-25(10-8-24)30(27,28)21-13-16(3)29-17(21)4/h5-6,11-13H,7-10H2,1-4H3. The minimum atomic E-state index is -3.54. The van der Waals surface area contributed by atoms with Gasteiger partial charge in [0.2, 0.25) is 10.0 Å². The molecule has 6 nitrogen and oxygen atoms in total. The first kappa shape index (κ1) is 21.0. The molecular weight excluding hydrogens is 418 g/mol. The van der Waals surface area contributed by atoms with Crippen molar-refractivity contribution in [2.45, 2.75) is 32.6 Å². The predicted molar refractivity (Wildman–Crippen MR) is 120 cm³/mol. The molecule has 0 spiro atoms. The maximum Gasteiger partial charge on any atom is 0.254 e. The van der Waals surface area contributed by atoms with Crippen molar-refractivity contribution in [3.05, 3.63) is 56.9 Å². The summed E-state index contributed by atoms with van der Waals surface area (Å²) in [5.74, 6) is -0.0734. The third-order valence-electron chi connectivity index (χ3n) is 5.46. The molecule has 0 radical (unpaired) electrons. The molecule has 0 saturated carbocycles. The number of carbonyl (C=O) groups is 1. The summed E-state index contributed by atoms with van der Waals surface area (Å²) in [6, 6.07) is 9.47. The van der Waals surface area contributed by atoms with Crippen molar-refractivity contribution in [3.63, 3.8) is 0 Å². The van der Waals surface area contributed by atoms with Crippen molar-refractivity contribution in [3.8, 4) is 0 Å². The van der Waals surface area contributed by atoms with Gasteiger partial charge in [-0.05, 0) is 52.0 Å². The number of aromatic nitrogens is 1. The molecule has 0 N–H and O–H groups in total. The molecule has 3 aromatic rings. The second-order valence-electron chi connectivity index (χ2n) is 7.81. The highest BCUT2D eigenvalue weighted by molar-refractivity contribution is 7.89. The highest BCUT2D eigenvalue weighted by Gasteiger charge is 2.32. The van der Waals surface area contributed by atoms with Gasteiger partial charge in [0.1, 0.15) is 0 Å². The molecule has 1 aliphatic rings. The van der Waals surface area contributed by atoms with Gasteiger partial charge in [-0.3, -0.25) is 9.78 Å². The van der Waals surface area contributed by atoms with Crippen LogP contribution in [0.5, 0.6) is 0 Å². The normalized spacial score (nSPS) is 15.7. The Bertz CT molecular complexity index is 1240. The van der Waals surface area contributed by atoms with Crippen molar-refractivity contribution >= 4 is 38.2 Å². The molecule has 1 aromatic carbocycles. The molecule has 30 heavy (non-hydrogen) atoms. The van der Waals surface area contributed by atoms with Gasteiger partial charge >= 0.3 is 0 Å². The van der Waals surface area contributed by atoms with Crippen LogP contribution in [-0.2, 0) is 10.0 Å². The molecule has 4 rings (SSSR count). The number of fused-ring (bicyclic) bond motifs is 1. The summed E-state index contributed by atoms with van der Waals surface area (Å²) in [5, 5.41) is 0.838. The molecule has 0 unspecified atom stereocenters. The number of aryl methyl sites for hydroxylation is 4. The lowest BCUT2D eigenvalue weighted by molar-refractivity contribution is 0.0699. The molecule has 0 atom stereocenters. The van der Waals surface area contributed by atoms with E-state index in [4.69, 9.17) is 0 Å². The molecule has 0 bridgehead atoms. The van der Waals surface area contributed by atoms with Crippen LogP contribution in [0.3, 0.4) is 0 Å². The summed E-state index contributed by atoms with van der Waals surface area (Å²) >= 11 is 1.49. The number of carbonyl (C=O) groups excluding carboxylic acids is 1. The quantitative estimate of drug-likeness (QED) is 0.619. The minimum absolute atomic E-state index is 0.0734. The van der Waals surface area contributed by atoms with Crippen LogP contribution >= 0.6 is 11.3 Å². The number of sulfonamides is 1. The van der Waals surface area contributed by atoms with Crippen LogP contribution in [-0.4, -0.2) is 54.7 Å². The smallest absolute Gasteiger partial charge is 0.254 e. The van der Waals surface area contributed by atoms with Crippen molar-refractivity contribution in [2.75, 3.05) is 26.2 Å². The Hall–Kier alpha value is -2.29. The number of thiophene rings is 1. The van der Waals surface area contributed by atoms with E-state index in [2.05, 4.69) is 4.98 Å². The summed E-state index contributed by atoms with van der Waals surface area (Å²) in [7, 11) is -3.54. The number of rotatable bonds is 3. The Kier molecular flexibility index (Phi) is 5.42. The highest BCUT2D eigenvalue weighted by Crippen LogP contribution is 2.29. The molecule has 3 heterocycles. The van der Waals surface area contributed by atoms with E-state index in [1.54, 1.807) is 11.0 Å². The van der Waals surface area contributed by atoms with E-state index in [0.29, 0.717) is 36.6 Å². The maximum absolute atomic E-state index is 13.3. The van der Waals surface area contributed by atoms with Gasteiger partial charge in [0.25, 0.3) is 5.91 Å². The average Bonchev–Trinajstić information content (AvgIpc) is 3.06. The monoisotopic (exact) mass is 443 g/mol. The molecular formula is C22H25N3O3S2. The van der Waals surface area contributed by atoms with Crippen LogP contribution in [0.1, 0.15) is 31.4 Å². The van der Waals surface area contributed by atoms with E-state index >= 15 is 0 Å². The molecule has 158 valence electrons. The topological polar surface area (TPSA) is 70.6 Å². The Morgan fingerprint density at radius 3 is 2.33 bits per heavy atom. The molecule has 8 heteroatoms. The van der Waals surface area contributed by atoms with Crippen molar-refractivity contribution in [2.24, 2.45) is 0 Å². The first-order valence-electron chi connectivity index (χ1n) is 9.91. The number of amides is 1. The van der Waals surface area contributed by atoms with E-state index in [1.807, 2.05) is 52.0 Å². The Morgan fingerprint density at radius 2 is 1.70 bits per heavy atom. The minimum Gasteiger partial charge on any atom is -0.336 e. The van der Waals surface area contributed by atoms with E-state index in [-0.39, 0.29) is 5.91 Å². The van der Waals surface area contributed by atoms with Crippen LogP contribution in [0.4, 0.5) is 0 Å². The van der Waals surface area contributed by atoms with Crippen LogP contribution in [0.2, 0.25) is 0 Å². The van der Waals surface area contributed by atoms with Gasteiger partial charge in [0.15, 0.2) is 0 Å². The van der Waals surface area contributed by atoms with Crippen LogP contribution in [0.25, 0.3) is 10.9 Å². The Morgan fingerprint density at radius 1 is 1.00 bits per heavy atom. The lowest BCUT2D eigenvalue weighted by atomic mass is 10.0. The van der Waals surface area contributed by atoms with Gasteiger partial charge < -0.3 is 4.90 Å². The maximum atomic E-state index is 13.3. The number of hydrogen-bond donors (Lipinski definition) is 0. The number of piperazine rings is 1. The molecule has 1 amide bonds. The first-order chi connectivity index (χ1) is 14.2. The SMILES string of the molecule is Cc1ccc2nc(C)cc(C(=O)N3CCN(S(=O)(=O)c4cc(C)sc4C)CC3)c2c1. The van der Waals surface area contributed by atoms with Gasteiger partial charge in [-0.25, -0.2) is 8.42 Å². The Labute approximate surface area is 181 Å². The zero-order valence-electron chi connectivity index (χ0n) is 17.6. The first-order valence-corrected chi connectivity index (χ1v) is 12.2. The van der Waals surface area contributed by atoms with Crippen molar-refractivity contribution in [1.82, 2.24) is 14.2 Å². The van der Waals surface area contributed by atoms with Crippen LogP contribution in [0, 0.1) is 27.7 Å². The molecule has 0 aliphatic carbocycles. The van der Waals surface area contributed by atoms with E-state index in [0.717, 1.165) is 31.9 Å². The molecule has 1 fully saturated rings. The second kappa shape index (κ2) is 7.76. The summed E-state index contributed by atoms with van der Waals surface area (Å²) in [6.07, 6.45) is 0. The number of benzene rings is 1. The van der Waals surface area contributed by atoms with Crippen LogP contribution < -0.4 is 0 Å². The molecule has 2 aromatic heterocycles. The number of pyridine rings is 1. The third kappa shape index (κ3) is 3.75. The fourth-order valence-electron chi connectivity index (χ4n) is 3.95. The van der Waals surface area contributed by atoms with Crippen molar-refractivity contribution in [1.29, 1.82) is 0 Å². The summed E-state index contributed by atoms with van der Waals surface area (Å²) < 4.78 is 27.6. The Balaban J connectivity index is 1.56. The fourth-order valence-corrected chi connectivity index (χ4v) is 6.90. The van der Waals surface area contributed by atoms with Crippen LogP contribution in [0.15, 0.2) is 35.2 Å². The van der Waals surface area contributed by atoms with Crippen molar-refractivity contribution < 1.29 is 13.2 Å². The molecule has 1 aliphatic heterocycles. The lowest BCUT2D eigenvalue weighted by Gasteiger charge is -2.34. The van der Waals surface area contributed by atoms with Gasteiger partial charge in [0, 0.05) is 47.0 Å². The summed E-state index contributed by atoms with van der Waals surface area (Å²) in [6.45, 7) is 8.95. The van der Waals surface area contributed by atoms with E-state index in [1.165, 1.54) is 15.6 Å². The van der Waals surface area contributed by atoms with E-state index < -0.39 is 10.0 Å². The number of hydrogen-bond acceptors (Lipinski definition) is 5.